The van der Waals surface area contributed by atoms with Crippen molar-refractivity contribution in [2.75, 3.05) is 19.0 Å². The SMILES string of the molecule is C[C@@H](OCC1(c2ccccc2)CC[C@H](NC(=O)CCl)CN1)c1cc(C(F)(F)F)cc(C(F)(F)F)c1. The Labute approximate surface area is 204 Å². The van der Waals surface area contributed by atoms with Crippen molar-refractivity contribution < 1.29 is 35.9 Å². The number of hydrogen-bond donors (Lipinski definition) is 2. The van der Waals surface area contributed by atoms with E-state index in [1.807, 2.05) is 30.3 Å². The molecular formula is C24H25ClF6N2O2. The Morgan fingerprint density at radius 1 is 1.11 bits per heavy atom. The molecular weight excluding hydrogens is 498 g/mol. The molecule has 0 bridgehead atoms. The molecule has 1 unspecified atom stereocenters. The minimum absolute atomic E-state index is 0.00799. The molecule has 0 spiro atoms. The van der Waals surface area contributed by atoms with E-state index in [0.717, 1.165) is 5.56 Å². The highest BCUT2D eigenvalue weighted by molar-refractivity contribution is 6.27. The molecule has 192 valence electrons. The van der Waals surface area contributed by atoms with Gasteiger partial charge >= 0.3 is 12.4 Å². The fourth-order valence-corrected chi connectivity index (χ4v) is 4.18. The number of amides is 1. The van der Waals surface area contributed by atoms with E-state index in [0.29, 0.717) is 31.5 Å². The van der Waals surface area contributed by atoms with Gasteiger partial charge in [0.2, 0.25) is 5.91 Å². The average Bonchev–Trinajstić information content (AvgIpc) is 2.82. The Bertz CT molecular complexity index is 973. The lowest BCUT2D eigenvalue weighted by Gasteiger charge is -2.42. The third-order valence-electron chi connectivity index (χ3n) is 6.08. The van der Waals surface area contributed by atoms with Crippen LogP contribution in [-0.4, -0.2) is 31.0 Å². The topological polar surface area (TPSA) is 50.4 Å². The Morgan fingerprint density at radius 3 is 2.20 bits per heavy atom. The molecule has 35 heavy (non-hydrogen) atoms. The molecule has 1 heterocycles. The third-order valence-corrected chi connectivity index (χ3v) is 6.32. The zero-order chi connectivity index (χ0) is 25.9. The summed E-state index contributed by atoms with van der Waals surface area (Å²) >= 11 is 5.55. The molecule has 0 radical (unpaired) electrons. The molecule has 1 saturated heterocycles. The zero-order valence-corrected chi connectivity index (χ0v) is 19.5. The van der Waals surface area contributed by atoms with E-state index in [4.69, 9.17) is 16.3 Å². The number of ether oxygens (including phenoxy) is 1. The molecule has 3 atom stereocenters. The highest BCUT2D eigenvalue weighted by Gasteiger charge is 2.39. The van der Waals surface area contributed by atoms with Gasteiger partial charge in [-0.1, -0.05) is 30.3 Å². The first kappa shape index (κ1) is 27.3. The predicted molar refractivity (Wildman–Crippen MR) is 119 cm³/mol. The van der Waals surface area contributed by atoms with E-state index in [-0.39, 0.29) is 36.1 Å². The van der Waals surface area contributed by atoms with Crippen LogP contribution in [0, 0.1) is 0 Å². The lowest BCUT2D eigenvalue weighted by molar-refractivity contribution is -0.143. The quantitative estimate of drug-likeness (QED) is 0.357. The molecule has 0 aliphatic carbocycles. The Hall–Kier alpha value is -2.30. The van der Waals surface area contributed by atoms with Crippen molar-refractivity contribution in [3.05, 3.63) is 70.8 Å². The number of carbonyl (C=O) groups is 1. The molecule has 1 aliphatic rings. The Morgan fingerprint density at radius 2 is 1.71 bits per heavy atom. The van der Waals surface area contributed by atoms with Crippen LogP contribution in [0.15, 0.2) is 48.5 Å². The van der Waals surface area contributed by atoms with Crippen LogP contribution in [0.5, 0.6) is 0 Å². The highest BCUT2D eigenvalue weighted by atomic mass is 35.5. The molecule has 2 N–H and O–H groups in total. The van der Waals surface area contributed by atoms with Crippen LogP contribution in [-0.2, 0) is 27.4 Å². The summed E-state index contributed by atoms with van der Waals surface area (Å²) in [6.45, 7) is 1.80. The van der Waals surface area contributed by atoms with Crippen molar-refractivity contribution in [1.82, 2.24) is 10.6 Å². The Kier molecular flexibility index (Phi) is 8.39. The van der Waals surface area contributed by atoms with Crippen LogP contribution in [0.2, 0.25) is 0 Å². The van der Waals surface area contributed by atoms with Gasteiger partial charge in [-0.3, -0.25) is 4.79 Å². The zero-order valence-electron chi connectivity index (χ0n) is 18.8. The number of rotatable bonds is 7. The fraction of sp³-hybridized carbons (Fsp3) is 0.458. The van der Waals surface area contributed by atoms with E-state index in [1.54, 1.807) is 0 Å². The molecule has 1 amide bonds. The summed E-state index contributed by atoms with van der Waals surface area (Å²) in [5.74, 6) is -0.474. The molecule has 4 nitrogen and oxygen atoms in total. The number of alkyl halides is 7. The van der Waals surface area contributed by atoms with Gasteiger partial charge in [-0.15, -0.1) is 11.6 Å². The van der Waals surface area contributed by atoms with Crippen molar-refractivity contribution in [3.63, 3.8) is 0 Å². The van der Waals surface area contributed by atoms with Crippen molar-refractivity contribution in [3.8, 4) is 0 Å². The van der Waals surface area contributed by atoms with Crippen LogP contribution < -0.4 is 10.6 Å². The number of piperidine rings is 1. The second-order valence-electron chi connectivity index (χ2n) is 8.56. The smallest absolute Gasteiger partial charge is 0.372 e. The lowest BCUT2D eigenvalue weighted by atomic mass is 9.81. The van der Waals surface area contributed by atoms with Gasteiger partial charge in [0.1, 0.15) is 5.88 Å². The number of carbonyl (C=O) groups excluding carboxylic acids is 1. The van der Waals surface area contributed by atoms with Crippen LogP contribution in [0.1, 0.15) is 48.1 Å². The summed E-state index contributed by atoms with van der Waals surface area (Å²) in [4.78, 5) is 11.6. The average molecular weight is 523 g/mol. The predicted octanol–water partition coefficient (Wildman–Crippen LogP) is 5.80. The maximum absolute atomic E-state index is 13.3. The van der Waals surface area contributed by atoms with Gasteiger partial charge in [-0.2, -0.15) is 26.3 Å². The van der Waals surface area contributed by atoms with Gasteiger partial charge in [0.25, 0.3) is 0 Å². The lowest BCUT2D eigenvalue weighted by Crippen LogP contribution is -2.57. The Balaban J connectivity index is 1.83. The standard InChI is InChI=1S/C24H25ClF6N2O2/c1-15(16-9-18(23(26,27)28)11-19(10-16)24(29,30)31)35-14-22(17-5-3-2-4-6-17)8-7-20(13-32-22)33-21(34)12-25/h2-6,9-11,15,20,32H,7-8,12-14H2,1H3,(H,33,34)/t15-,20+,22?/m1/s1. The molecule has 2 aromatic rings. The van der Waals surface area contributed by atoms with Crippen LogP contribution in [0.4, 0.5) is 26.3 Å². The summed E-state index contributed by atoms with van der Waals surface area (Å²) in [5.41, 5.74) is -2.88. The van der Waals surface area contributed by atoms with Crippen molar-refractivity contribution in [1.29, 1.82) is 0 Å². The van der Waals surface area contributed by atoms with Gasteiger partial charge in [-0.25, -0.2) is 0 Å². The number of benzene rings is 2. The summed E-state index contributed by atoms with van der Waals surface area (Å²) in [7, 11) is 0. The monoisotopic (exact) mass is 522 g/mol. The first-order chi connectivity index (χ1) is 16.3. The van der Waals surface area contributed by atoms with Crippen LogP contribution in [0.25, 0.3) is 0 Å². The first-order valence-electron chi connectivity index (χ1n) is 10.9. The molecule has 3 rings (SSSR count). The molecule has 1 aliphatic heterocycles. The summed E-state index contributed by atoms with van der Waals surface area (Å²) < 4.78 is 85.4. The number of hydrogen-bond acceptors (Lipinski definition) is 3. The van der Waals surface area contributed by atoms with Gasteiger partial charge in [0.15, 0.2) is 0 Å². The maximum atomic E-state index is 13.3. The highest BCUT2D eigenvalue weighted by Crippen LogP contribution is 2.39. The summed E-state index contributed by atoms with van der Waals surface area (Å²) in [5, 5.41) is 6.17. The normalized spacial score (nSPS) is 22.0. The van der Waals surface area contributed by atoms with Gasteiger partial charge in [0.05, 0.1) is 29.4 Å². The first-order valence-corrected chi connectivity index (χ1v) is 11.4. The van der Waals surface area contributed by atoms with E-state index in [1.165, 1.54) is 6.92 Å². The van der Waals surface area contributed by atoms with Crippen LogP contribution in [0.3, 0.4) is 0 Å². The third kappa shape index (κ3) is 6.89. The molecule has 1 fully saturated rings. The van der Waals surface area contributed by atoms with Crippen molar-refractivity contribution in [2.45, 2.75) is 49.8 Å². The largest absolute Gasteiger partial charge is 0.416 e. The molecule has 2 aromatic carbocycles. The van der Waals surface area contributed by atoms with Crippen LogP contribution >= 0.6 is 11.6 Å². The van der Waals surface area contributed by atoms with E-state index in [2.05, 4.69) is 10.6 Å². The number of halogens is 7. The van der Waals surface area contributed by atoms with E-state index < -0.39 is 35.1 Å². The van der Waals surface area contributed by atoms with Gasteiger partial charge in [-0.05, 0) is 49.1 Å². The number of nitrogens with one attached hydrogen (secondary N) is 2. The second kappa shape index (κ2) is 10.8. The molecule has 0 saturated carbocycles. The van der Waals surface area contributed by atoms with E-state index >= 15 is 0 Å². The summed E-state index contributed by atoms with van der Waals surface area (Å²) in [6.07, 6.45) is -9.84. The second-order valence-corrected chi connectivity index (χ2v) is 8.83. The fourth-order valence-electron chi connectivity index (χ4n) is 4.11. The summed E-state index contributed by atoms with van der Waals surface area (Å²) in [6, 6.07) is 10.5. The minimum Gasteiger partial charge on any atom is -0.372 e. The minimum atomic E-state index is -4.94. The van der Waals surface area contributed by atoms with Gasteiger partial charge in [0, 0.05) is 12.6 Å². The molecule has 0 aromatic heterocycles. The van der Waals surface area contributed by atoms with Crippen molar-refractivity contribution >= 4 is 17.5 Å². The van der Waals surface area contributed by atoms with Gasteiger partial charge < -0.3 is 15.4 Å². The van der Waals surface area contributed by atoms with Crippen molar-refractivity contribution in [2.24, 2.45) is 0 Å². The molecule has 11 heteroatoms. The maximum Gasteiger partial charge on any atom is 0.416 e. The van der Waals surface area contributed by atoms with E-state index in [9.17, 15) is 31.1 Å².